The van der Waals surface area contributed by atoms with Crippen molar-refractivity contribution in [3.05, 3.63) is 70.8 Å². The van der Waals surface area contributed by atoms with Crippen LogP contribution in [0, 0.1) is 5.92 Å². The Kier molecular flexibility index (Phi) is 4.45. The molecular formula is C23H25ClN2O. The van der Waals surface area contributed by atoms with Crippen LogP contribution in [0.1, 0.15) is 73.3 Å². The Bertz CT molecular complexity index is 954. The first-order chi connectivity index (χ1) is 13.2. The summed E-state index contributed by atoms with van der Waals surface area (Å²) in [7, 11) is 0. The maximum atomic E-state index is 11.4. The van der Waals surface area contributed by atoms with Crippen LogP contribution in [0.2, 0.25) is 5.02 Å². The largest absolute Gasteiger partial charge is 0.387 e. The van der Waals surface area contributed by atoms with E-state index in [-0.39, 0.29) is 0 Å². The first-order valence-corrected chi connectivity index (χ1v) is 10.5. The Morgan fingerprint density at radius 1 is 1.00 bits per heavy atom. The first kappa shape index (κ1) is 17.3. The molecule has 0 aliphatic heterocycles. The molecule has 1 aromatic carbocycles. The number of hydrogen-bond acceptors (Lipinski definition) is 2. The molecule has 4 heteroatoms. The number of pyridine rings is 1. The zero-order valence-electron chi connectivity index (χ0n) is 15.4. The third-order valence-corrected chi connectivity index (χ3v) is 6.73. The number of halogens is 1. The third kappa shape index (κ3) is 3.28. The van der Waals surface area contributed by atoms with Crippen LogP contribution in [-0.4, -0.2) is 14.5 Å². The average Bonchev–Trinajstić information content (AvgIpc) is 3.43. The fraction of sp³-hybridized carbons (Fsp3) is 0.435. The maximum Gasteiger partial charge on any atom is 0.0995 e. The second-order valence-electron chi connectivity index (χ2n) is 8.25. The number of rotatable bonds is 4. The molecule has 2 aliphatic rings. The van der Waals surface area contributed by atoms with Crippen molar-refractivity contribution in [3.63, 3.8) is 0 Å². The lowest BCUT2D eigenvalue weighted by molar-refractivity contribution is 0.0754. The Balaban J connectivity index is 1.38. The van der Waals surface area contributed by atoms with Crippen molar-refractivity contribution in [1.82, 2.24) is 9.38 Å². The predicted molar refractivity (Wildman–Crippen MR) is 108 cm³/mol. The molecular weight excluding hydrogens is 356 g/mol. The Morgan fingerprint density at radius 3 is 2.52 bits per heavy atom. The zero-order valence-corrected chi connectivity index (χ0v) is 16.1. The molecule has 0 spiro atoms. The summed E-state index contributed by atoms with van der Waals surface area (Å²) in [6.07, 6.45) is 10.1. The lowest BCUT2D eigenvalue weighted by Gasteiger charge is -2.33. The van der Waals surface area contributed by atoms with Gasteiger partial charge in [0.1, 0.15) is 0 Å². The molecule has 140 valence electrons. The van der Waals surface area contributed by atoms with Gasteiger partial charge in [0.25, 0.3) is 0 Å². The average molecular weight is 381 g/mol. The van der Waals surface area contributed by atoms with E-state index < -0.39 is 6.10 Å². The summed E-state index contributed by atoms with van der Waals surface area (Å²) in [5.41, 5.74) is 4.82. The summed E-state index contributed by atoms with van der Waals surface area (Å²) in [6.45, 7) is 0. The van der Waals surface area contributed by atoms with Crippen molar-refractivity contribution < 1.29 is 5.11 Å². The van der Waals surface area contributed by atoms with E-state index in [1.807, 2.05) is 24.7 Å². The topological polar surface area (TPSA) is 37.5 Å². The smallest absolute Gasteiger partial charge is 0.0995 e. The second-order valence-corrected chi connectivity index (χ2v) is 8.68. The summed E-state index contributed by atoms with van der Waals surface area (Å²) in [4.78, 5) is 4.31. The van der Waals surface area contributed by atoms with E-state index in [1.165, 1.54) is 24.0 Å². The number of aliphatic hydroxyl groups excluding tert-OH is 1. The van der Waals surface area contributed by atoms with E-state index >= 15 is 0 Å². The Morgan fingerprint density at radius 2 is 1.78 bits per heavy atom. The number of hydrogen-bond donors (Lipinski definition) is 1. The minimum absolute atomic E-state index is 0.311. The molecule has 0 radical (unpaired) electrons. The van der Waals surface area contributed by atoms with E-state index in [4.69, 9.17) is 11.6 Å². The molecule has 0 saturated heterocycles. The summed E-state index contributed by atoms with van der Waals surface area (Å²) >= 11 is 6.17. The van der Waals surface area contributed by atoms with E-state index in [1.54, 1.807) is 0 Å². The van der Waals surface area contributed by atoms with Crippen molar-refractivity contribution in [1.29, 1.82) is 0 Å². The standard InChI is InChI=1S/C23H25ClN2O/c24-19-3-1-2-18(12-19)15-4-8-17(9-5-15)23(27)22-21(16-6-7-16)11-10-20-13-25-14-26(20)22/h1-3,10-17,23,27H,4-9H2/t15?,17?,23-/m0/s1. The number of aromatic nitrogens is 2. The number of aliphatic hydroxyl groups is 1. The van der Waals surface area contributed by atoms with Crippen LogP contribution in [0.15, 0.2) is 48.9 Å². The lowest BCUT2D eigenvalue weighted by Crippen LogP contribution is -2.22. The highest BCUT2D eigenvalue weighted by atomic mass is 35.5. The van der Waals surface area contributed by atoms with Crippen molar-refractivity contribution in [2.75, 3.05) is 0 Å². The van der Waals surface area contributed by atoms with Gasteiger partial charge in [-0.25, -0.2) is 4.98 Å². The summed E-state index contributed by atoms with van der Waals surface area (Å²) in [5, 5.41) is 12.2. The molecule has 2 aliphatic carbocycles. The summed E-state index contributed by atoms with van der Waals surface area (Å²) < 4.78 is 2.11. The van der Waals surface area contributed by atoms with Crippen molar-refractivity contribution in [2.45, 2.75) is 56.5 Å². The Labute approximate surface area is 165 Å². The lowest BCUT2D eigenvalue weighted by atomic mass is 9.75. The third-order valence-electron chi connectivity index (χ3n) is 6.49. The molecule has 1 atom stereocenters. The van der Waals surface area contributed by atoms with E-state index in [0.717, 1.165) is 41.9 Å². The van der Waals surface area contributed by atoms with Crippen molar-refractivity contribution in [2.24, 2.45) is 5.92 Å². The number of nitrogens with zero attached hydrogens (tertiary/aromatic N) is 2. The molecule has 0 amide bonds. The SMILES string of the molecule is O[C@H](c1c(C2CC2)ccc2cncn12)C1CCC(c2cccc(Cl)c2)CC1. The van der Waals surface area contributed by atoms with Gasteiger partial charge in [-0.05, 0) is 85.6 Å². The van der Waals surface area contributed by atoms with Gasteiger partial charge in [-0.15, -0.1) is 0 Å². The van der Waals surface area contributed by atoms with Gasteiger partial charge in [0, 0.05) is 5.02 Å². The van der Waals surface area contributed by atoms with Gasteiger partial charge in [0.2, 0.25) is 0 Å². The van der Waals surface area contributed by atoms with Crippen molar-refractivity contribution >= 4 is 17.1 Å². The first-order valence-electron chi connectivity index (χ1n) is 10.1. The second kappa shape index (κ2) is 6.96. The maximum absolute atomic E-state index is 11.4. The van der Waals surface area contributed by atoms with Crippen LogP contribution in [0.25, 0.3) is 5.52 Å². The van der Waals surface area contributed by atoms with Gasteiger partial charge < -0.3 is 9.51 Å². The normalized spacial score (nSPS) is 24.2. The van der Waals surface area contributed by atoms with Crippen LogP contribution >= 0.6 is 11.6 Å². The molecule has 3 nitrogen and oxygen atoms in total. The molecule has 1 N–H and O–H groups in total. The molecule has 2 aromatic heterocycles. The van der Waals surface area contributed by atoms with Gasteiger partial charge >= 0.3 is 0 Å². The van der Waals surface area contributed by atoms with Crippen LogP contribution in [-0.2, 0) is 0 Å². The predicted octanol–water partition coefficient (Wildman–Crippen LogP) is 5.87. The van der Waals surface area contributed by atoms with E-state index in [2.05, 4.69) is 33.7 Å². The number of benzene rings is 1. The van der Waals surface area contributed by atoms with E-state index in [9.17, 15) is 5.11 Å². The molecule has 27 heavy (non-hydrogen) atoms. The van der Waals surface area contributed by atoms with Crippen LogP contribution in [0.5, 0.6) is 0 Å². The quantitative estimate of drug-likeness (QED) is 0.614. The van der Waals surface area contributed by atoms with Gasteiger partial charge in [-0.3, -0.25) is 0 Å². The monoisotopic (exact) mass is 380 g/mol. The van der Waals surface area contributed by atoms with Gasteiger partial charge in [-0.2, -0.15) is 0 Å². The molecule has 5 rings (SSSR count). The fourth-order valence-corrected chi connectivity index (χ4v) is 5.03. The Hall–Kier alpha value is -1.84. The highest BCUT2D eigenvalue weighted by Crippen LogP contribution is 2.47. The number of imidazole rings is 1. The molecule has 0 bridgehead atoms. The molecule has 3 aromatic rings. The highest BCUT2D eigenvalue weighted by Gasteiger charge is 2.34. The van der Waals surface area contributed by atoms with Gasteiger partial charge in [0.05, 0.1) is 29.8 Å². The summed E-state index contributed by atoms with van der Waals surface area (Å²) in [5.74, 6) is 1.48. The van der Waals surface area contributed by atoms with Gasteiger partial charge in [0.15, 0.2) is 0 Å². The minimum Gasteiger partial charge on any atom is -0.387 e. The van der Waals surface area contributed by atoms with Crippen LogP contribution in [0.4, 0.5) is 0 Å². The van der Waals surface area contributed by atoms with Gasteiger partial charge in [-0.1, -0.05) is 29.8 Å². The molecule has 2 saturated carbocycles. The number of fused-ring (bicyclic) bond motifs is 1. The van der Waals surface area contributed by atoms with E-state index in [0.29, 0.717) is 17.8 Å². The molecule has 2 fully saturated rings. The molecule has 0 unspecified atom stereocenters. The fourth-order valence-electron chi connectivity index (χ4n) is 4.83. The zero-order chi connectivity index (χ0) is 18.4. The molecule has 2 heterocycles. The van der Waals surface area contributed by atoms with Crippen LogP contribution in [0.3, 0.4) is 0 Å². The highest BCUT2D eigenvalue weighted by molar-refractivity contribution is 6.30. The van der Waals surface area contributed by atoms with Crippen LogP contribution < -0.4 is 0 Å². The van der Waals surface area contributed by atoms with Crippen molar-refractivity contribution in [3.8, 4) is 0 Å². The minimum atomic E-state index is -0.418. The summed E-state index contributed by atoms with van der Waals surface area (Å²) in [6, 6.07) is 12.6.